The molecule has 16 heavy (non-hydrogen) atoms. The van der Waals surface area contributed by atoms with Gasteiger partial charge in [-0.25, -0.2) is 0 Å². The second kappa shape index (κ2) is 6.58. The van der Waals surface area contributed by atoms with Crippen molar-refractivity contribution in [1.82, 2.24) is 10.2 Å². The molecular weight excluding hydrogens is 200 g/mol. The Morgan fingerprint density at radius 2 is 2.06 bits per heavy atom. The topological polar surface area (TPSA) is 24.5 Å². The van der Waals surface area contributed by atoms with Crippen LogP contribution in [0.5, 0.6) is 0 Å². The molecule has 0 aromatic carbocycles. The molecule has 2 aliphatic rings. The van der Waals surface area contributed by atoms with Crippen molar-refractivity contribution in [2.75, 3.05) is 39.3 Å². The van der Waals surface area contributed by atoms with Crippen LogP contribution in [-0.4, -0.2) is 50.3 Å². The summed E-state index contributed by atoms with van der Waals surface area (Å²) in [6.45, 7) is 9.40. The Morgan fingerprint density at radius 1 is 1.25 bits per heavy atom. The number of nitrogens with one attached hydrogen (secondary N) is 1. The molecule has 0 aliphatic carbocycles. The maximum absolute atomic E-state index is 5.90. The lowest BCUT2D eigenvalue weighted by atomic mass is 10.1. The highest BCUT2D eigenvalue weighted by Crippen LogP contribution is 2.15. The third-order valence-electron chi connectivity index (χ3n) is 3.77. The Bertz CT molecular complexity index is 186. The lowest BCUT2D eigenvalue weighted by molar-refractivity contribution is 0.0285. The van der Waals surface area contributed by atoms with Crippen LogP contribution in [0.4, 0.5) is 0 Å². The summed E-state index contributed by atoms with van der Waals surface area (Å²) in [5.74, 6) is 0.908. The quantitative estimate of drug-likeness (QED) is 0.719. The summed E-state index contributed by atoms with van der Waals surface area (Å²) in [6.07, 6.45) is 5.51. The van der Waals surface area contributed by atoms with Gasteiger partial charge in [0.1, 0.15) is 0 Å². The fraction of sp³-hybridized carbons (Fsp3) is 1.00. The summed E-state index contributed by atoms with van der Waals surface area (Å²) < 4.78 is 5.90. The number of likely N-dealkylation sites (tertiary alicyclic amines) is 1. The minimum atomic E-state index is 0.527. The first-order valence-electron chi connectivity index (χ1n) is 6.89. The van der Waals surface area contributed by atoms with Gasteiger partial charge in [0, 0.05) is 19.7 Å². The number of ether oxygens (including phenoxy) is 1. The van der Waals surface area contributed by atoms with Gasteiger partial charge in [-0.15, -0.1) is 0 Å². The summed E-state index contributed by atoms with van der Waals surface area (Å²) in [5.41, 5.74) is 0. The van der Waals surface area contributed by atoms with Crippen molar-refractivity contribution in [1.29, 1.82) is 0 Å². The van der Waals surface area contributed by atoms with Crippen molar-refractivity contribution >= 4 is 0 Å². The Morgan fingerprint density at radius 3 is 2.75 bits per heavy atom. The van der Waals surface area contributed by atoms with Crippen LogP contribution in [0.3, 0.4) is 0 Å². The zero-order chi connectivity index (χ0) is 11.2. The minimum Gasteiger partial charge on any atom is -0.378 e. The summed E-state index contributed by atoms with van der Waals surface area (Å²) in [4.78, 5) is 2.58. The average molecular weight is 226 g/mol. The first-order chi connectivity index (χ1) is 7.84. The molecule has 0 aromatic heterocycles. The van der Waals surface area contributed by atoms with E-state index in [9.17, 15) is 0 Å². The van der Waals surface area contributed by atoms with Crippen LogP contribution in [0, 0.1) is 5.92 Å². The lowest BCUT2D eigenvalue weighted by Gasteiger charge is -2.23. The molecule has 0 aromatic rings. The number of hydrogen-bond donors (Lipinski definition) is 1. The number of hydrogen-bond acceptors (Lipinski definition) is 3. The van der Waals surface area contributed by atoms with E-state index in [-0.39, 0.29) is 0 Å². The van der Waals surface area contributed by atoms with Crippen LogP contribution in [0.15, 0.2) is 0 Å². The van der Waals surface area contributed by atoms with Gasteiger partial charge in [-0.2, -0.15) is 0 Å². The molecule has 3 nitrogen and oxygen atoms in total. The van der Waals surface area contributed by atoms with Crippen LogP contribution in [0.1, 0.15) is 32.6 Å². The fourth-order valence-corrected chi connectivity index (χ4v) is 2.73. The average Bonchev–Trinajstić information content (AvgIpc) is 2.72. The van der Waals surface area contributed by atoms with Gasteiger partial charge in [0.05, 0.1) is 6.10 Å². The predicted molar refractivity (Wildman–Crippen MR) is 66.7 cm³/mol. The van der Waals surface area contributed by atoms with Gasteiger partial charge in [0.25, 0.3) is 0 Å². The Labute approximate surface area is 99.5 Å². The van der Waals surface area contributed by atoms with Gasteiger partial charge in [-0.1, -0.05) is 6.92 Å². The zero-order valence-electron chi connectivity index (χ0n) is 10.6. The van der Waals surface area contributed by atoms with E-state index in [4.69, 9.17) is 4.74 Å². The van der Waals surface area contributed by atoms with Crippen molar-refractivity contribution in [2.24, 2.45) is 5.92 Å². The molecule has 0 bridgehead atoms. The van der Waals surface area contributed by atoms with E-state index in [0.29, 0.717) is 6.10 Å². The van der Waals surface area contributed by atoms with Gasteiger partial charge in [0.15, 0.2) is 0 Å². The molecule has 2 saturated heterocycles. The Balaban J connectivity index is 1.48. The van der Waals surface area contributed by atoms with Crippen LogP contribution in [0.25, 0.3) is 0 Å². The third-order valence-corrected chi connectivity index (χ3v) is 3.77. The molecule has 1 atom stereocenters. The Kier molecular flexibility index (Phi) is 5.07. The molecule has 0 amide bonds. The van der Waals surface area contributed by atoms with Crippen LogP contribution >= 0.6 is 0 Å². The molecule has 94 valence electrons. The third kappa shape index (κ3) is 4.04. The molecule has 1 unspecified atom stereocenters. The van der Waals surface area contributed by atoms with Crippen LogP contribution in [-0.2, 0) is 4.74 Å². The Hall–Kier alpha value is -0.120. The van der Waals surface area contributed by atoms with E-state index in [2.05, 4.69) is 17.1 Å². The molecule has 2 heterocycles. The molecule has 0 saturated carbocycles. The van der Waals surface area contributed by atoms with Gasteiger partial charge in [0.2, 0.25) is 0 Å². The van der Waals surface area contributed by atoms with Crippen molar-refractivity contribution in [3.63, 3.8) is 0 Å². The molecule has 3 heteroatoms. The highest BCUT2D eigenvalue weighted by molar-refractivity contribution is 4.72. The second-order valence-electron chi connectivity index (χ2n) is 5.37. The van der Waals surface area contributed by atoms with E-state index in [1.807, 2.05) is 0 Å². The van der Waals surface area contributed by atoms with Gasteiger partial charge in [-0.05, 0) is 51.2 Å². The molecule has 2 fully saturated rings. The SMILES string of the molecule is CC1CCN(CCCOC2CCNCC2)C1. The first kappa shape index (κ1) is 12.3. The van der Waals surface area contributed by atoms with Crippen LogP contribution in [0.2, 0.25) is 0 Å². The van der Waals surface area contributed by atoms with E-state index < -0.39 is 0 Å². The van der Waals surface area contributed by atoms with E-state index in [0.717, 1.165) is 25.6 Å². The maximum Gasteiger partial charge on any atom is 0.0599 e. The fourth-order valence-electron chi connectivity index (χ4n) is 2.73. The number of nitrogens with zero attached hydrogens (tertiary/aromatic N) is 1. The smallest absolute Gasteiger partial charge is 0.0599 e. The molecular formula is C13H26N2O. The van der Waals surface area contributed by atoms with E-state index in [1.165, 1.54) is 45.3 Å². The summed E-state index contributed by atoms with van der Waals surface area (Å²) in [6, 6.07) is 0. The normalized spacial score (nSPS) is 28.7. The minimum absolute atomic E-state index is 0.527. The summed E-state index contributed by atoms with van der Waals surface area (Å²) in [5, 5.41) is 3.37. The zero-order valence-corrected chi connectivity index (χ0v) is 10.6. The standard InChI is InChI=1S/C13H26N2O/c1-12-5-9-15(11-12)8-2-10-16-13-3-6-14-7-4-13/h12-14H,2-11H2,1H3. The molecule has 0 spiro atoms. The summed E-state index contributed by atoms with van der Waals surface area (Å²) >= 11 is 0. The molecule has 1 N–H and O–H groups in total. The van der Waals surface area contributed by atoms with Crippen molar-refractivity contribution in [3.05, 3.63) is 0 Å². The number of rotatable bonds is 5. The monoisotopic (exact) mass is 226 g/mol. The highest BCUT2D eigenvalue weighted by atomic mass is 16.5. The van der Waals surface area contributed by atoms with E-state index in [1.54, 1.807) is 0 Å². The van der Waals surface area contributed by atoms with Crippen molar-refractivity contribution < 1.29 is 4.74 Å². The molecule has 2 aliphatic heterocycles. The molecule has 0 radical (unpaired) electrons. The second-order valence-corrected chi connectivity index (χ2v) is 5.37. The van der Waals surface area contributed by atoms with E-state index >= 15 is 0 Å². The van der Waals surface area contributed by atoms with Crippen LogP contribution < -0.4 is 5.32 Å². The number of piperidine rings is 1. The van der Waals surface area contributed by atoms with Crippen molar-refractivity contribution in [2.45, 2.75) is 38.7 Å². The van der Waals surface area contributed by atoms with Gasteiger partial charge < -0.3 is 15.0 Å². The highest BCUT2D eigenvalue weighted by Gasteiger charge is 2.18. The largest absolute Gasteiger partial charge is 0.378 e. The van der Waals surface area contributed by atoms with Gasteiger partial charge >= 0.3 is 0 Å². The molecule has 2 rings (SSSR count). The lowest BCUT2D eigenvalue weighted by Crippen LogP contribution is -2.33. The van der Waals surface area contributed by atoms with Crippen molar-refractivity contribution in [3.8, 4) is 0 Å². The first-order valence-corrected chi connectivity index (χ1v) is 6.89. The summed E-state index contributed by atoms with van der Waals surface area (Å²) in [7, 11) is 0. The van der Waals surface area contributed by atoms with Gasteiger partial charge in [-0.3, -0.25) is 0 Å². The maximum atomic E-state index is 5.90. The predicted octanol–water partition coefficient (Wildman–Crippen LogP) is 1.49.